The molecular formula is C10H18N2O. The van der Waals surface area contributed by atoms with Crippen molar-refractivity contribution in [3.05, 3.63) is 0 Å². The van der Waals surface area contributed by atoms with Gasteiger partial charge in [-0.25, -0.2) is 0 Å². The molecule has 13 heavy (non-hydrogen) atoms. The van der Waals surface area contributed by atoms with Gasteiger partial charge in [-0.15, -0.1) is 0 Å². The summed E-state index contributed by atoms with van der Waals surface area (Å²) in [6.45, 7) is 3.04. The molecule has 0 aromatic heterocycles. The molecule has 2 N–H and O–H groups in total. The van der Waals surface area contributed by atoms with Crippen LogP contribution in [0.2, 0.25) is 0 Å². The van der Waals surface area contributed by atoms with Crippen molar-refractivity contribution in [3.63, 3.8) is 0 Å². The molecule has 0 radical (unpaired) electrons. The fraction of sp³-hybridized carbons (Fsp3) is 0.900. The van der Waals surface area contributed by atoms with Gasteiger partial charge in [-0.3, -0.25) is 0 Å². The Labute approximate surface area is 79.8 Å². The van der Waals surface area contributed by atoms with Gasteiger partial charge < -0.3 is 10.4 Å². The first-order valence-electron chi connectivity index (χ1n) is 5.04. The van der Waals surface area contributed by atoms with Crippen LogP contribution in [-0.2, 0) is 0 Å². The summed E-state index contributed by atoms with van der Waals surface area (Å²) in [5.41, 5.74) is 0. The van der Waals surface area contributed by atoms with E-state index in [0.717, 1.165) is 25.8 Å². The second-order valence-electron chi connectivity index (χ2n) is 3.87. The molecule has 0 bridgehead atoms. The van der Waals surface area contributed by atoms with E-state index in [-0.39, 0.29) is 6.10 Å². The van der Waals surface area contributed by atoms with Crippen LogP contribution in [0.25, 0.3) is 0 Å². The van der Waals surface area contributed by atoms with Crippen LogP contribution in [-0.4, -0.2) is 23.8 Å². The molecule has 0 spiro atoms. The van der Waals surface area contributed by atoms with Crippen molar-refractivity contribution < 1.29 is 5.11 Å². The third-order valence-corrected chi connectivity index (χ3v) is 2.74. The molecule has 0 aliphatic heterocycles. The SMILES string of the molecule is CCC(CC#N)NCC1CC(O)C1. The monoisotopic (exact) mass is 182 g/mol. The predicted octanol–water partition coefficient (Wildman–Crippen LogP) is 1.04. The van der Waals surface area contributed by atoms with E-state index >= 15 is 0 Å². The summed E-state index contributed by atoms with van der Waals surface area (Å²) in [6, 6.07) is 2.51. The Hall–Kier alpha value is -0.590. The summed E-state index contributed by atoms with van der Waals surface area (Å²) >= 11 is 0. The largest absolute Gasteiger partial charge is 0.393 e. The van der Waals surface area contributed by atoms with Crippen LogP contribution < -0.4 is 5.32 Å². The Balaban J connectivity index is 2.07. The quantitative estimate of drug-likeness (QED) is 0.668. The highest BCUT2D eigenvalue weighted by Gasteiger charge is 2.26. The fourth-order valence-corrected chi connectivity index (χ4v) is 1.67. The highest BCUT2D eigenvalue weighted by Crippen LogP contribution is 2.26. The van der Waals surface area contributed by atoms with E-state index in [0.29, 0.717) is 18.4 Å². The Bertz CT molecular complexity index is 182. The summed E-state index contributed by atoms with van der Waals surface area (Å²) < 4.78 is 0. The highest BCUT2D eigenvalue weighted by molar-refractivity contribution is 4.84. The second-order valence-corrected chi connectivity index (χ2v) is 3.87. The van der Waals surface area contributed by atoms with Crippen LogP contribution in [0.3, 0.4) is 0 Å². The number of hydrogen-bond acceptors (Lipinski definition) is 3. The van der Waals surface area contributed by atoms with E-state index in [4.69, 9.17) is 10.4 Å². The van der Waals surface area contributed by atoms with Crippen LogP contribution in [0.5, 0.6) is 0 Å². The minimum Gasteiger partial charge on any atom is -0.393 e. The lowest BCUT2D eigenvalue weighted by Gasteiger charge is -2.32. The van der Waals surface area contributed by atoms with Crippen LogP contribution >= 0.6 is 0 Å². The van der Waals surface area contributed by atoms with Crippen LogP contribution in [0.1, 0.15) is 32.6 Å². The number of aliphatic hydroxyl groups is 1. The van der Waals surface area contributed by atoms with Gasteiger partial charge in [-0.1, -0.05) is 6.92 Å². The Morgan fingerprint density at radius 1 is 1.62 bits per heavy atom. The van der Waals surface area contributed by atoms with Gasteiger partial charge in [-0.05, 0) is 31.7 Å². The van der Waals surface area contributed by atoms with Crippen LogP contribution in [0, 0.1) is 17.2 Å². The number of rotatable bonds is 5. The minimum atomic E-state index is -0.0668. The van der Waals surface area contributed by atoms with E-state index in [1.54, 1.807) is 0 Å². The van der Waals surface area contributed by atoms with E-state index in [9.17, 15) is 0 Å². The van der Waals surface area contributed by atoms with E-state index in [2.05, 4.69) is 18.3 Å². The number of nitrogens with one attached hydrogen (secondary N) is 1. The first kappa shape index (κ1) is 10.5. The maximum atomic E-state index is 9.06. The number of nitriles is 1. The summed E-state index contributed by atoms with van der Waals surface area (Å²) in [5, 5.41) is 20.9. The molecule has 1 atom stereocenters. The molecule has 1 unspecified atom stereocenters. The van der Waals surface area contributed by atoms with Crippen LogP contribution in [0.15, 0.2) is 0 Å². The molecule has 1 saturated carbocycles. The third kappa shape index (κ3) is 3.33. The molecule has 0 saturated heterocycles. The third-order valence-electron chi connectivity index (χ3n) is 2.74. The Kier molecular flexibility index (Phi) is 4.20. The van der Waals surface area contributed by atoms with Gasteiger partial charge in [0.05, 0.1) is 18.6 Å². The zero-order valence-corrected chi connectivity index (χ0v) is 8.16. The van der Waals surface area contributed by atoms with Crippen LogP contribution in [0.4, 0.5) is 0 Å². The minimum absolute atomic E-state index is 0.0668. The number of nitrogens with zero attached hydrogens (tertiary/aromatic N) is 1. The average Bonchev–Trinajstić information content (AvgIpc) is 2.08. The van der Waals surface area contributed by atoms with Gasteiger partial charge in [0.1, 0.15) is 0 Å². The molecule has 1 rings (SSSR count). The second kappa shape index (κ2) is 5.21. The van der Waals surface area contributed by atoms with Gasteiger partial charge in [0.2, 0.25) is 0 Å². The van der Waals surface area contributed by atoms with Crippen molar-refractivity contribution in [2.24, 2.45) is 5.92 Å². The molecule has 1 aliphatic rings. The molecular weight excluding hydrogens is 164 g/mol. The fourth-order valence-electron chi connectivity index (χ4n) is 1.67. The molecule has 1 aliphatic carbocycles. The maximum Gasteiger partial charge on any atom is 0.0638 e. The van der Waals surface area contributed by atoms with Gasteiger partial charge >= 0.3 is 0 Å². The first-order valence-corrected chi connectivity index (χ1v) is 5.04. The van der Waals surface area contributed by atoms with E-state index < -0.39 is 0 Å². The summed E-state index contributed by atoms with van der Waals surface area (Å²) in [7, 11) is 0. The van der Waals surface area contributed by atoms with Gasteiger partial charge in [-0.2, -0.15) is 5.26 Å². The smallest absolute Gasteiger partial charge is 0.0638 e. The molecule has 74 valence electrons. The number of hydrogen-bond donors (Lipinski definition) is 2. The molecule has 0 aromatic rings. The van der Waals surface area contributed by atoms with Gasteiger partial charge in [0.25, 0.3) is 0 Å². The maximum absolute atomic E-state index is 9.06. The molecule has 1 fully saturated rings. The first-order chi connectivity index (χ1) is 6.26. The normalized spacial score (nSPS) is 29.0. The van der Waals surface area contributed by atoms with Crippen molar-refractivity contribution in [1.82, 2.24) is 5.32 Å². The molecule has 3 nitrogen and oxygen atoms in total. The summed E-state index contributed by atoms with van der Waals surface area (Å²) in [5.74, 6) is 0.628. The standard InChI is InChI=1S/C10H18N2O/c1-2-9(3-4-11)12-7-8-5-10(13)6-8/h8-10,12-13H,2-3,5-7H2,1H3. The van der Waals surface area contributed by atoms with E-state index in [1.807, 2.05) is 0 Å². The predicted molar refractivity (Wildman–Crippen MR) is 51.0 cm³/mol. The lowest BCUT2D eigenvalue weighted by atomic mass is 9.82. The summed E-state index contributed by atoms with van der Waals surface area (Å²) in [4.78, 5) is 0. The lowest BCUT2D eigenvalue weighted by molar-refractivity contribution is 0.0418. The van der Waals surface area contributed by atoms with Gasteiger partial charge in [0, 0.05) is 6.04 Å². The summed E-state index contributed by atoms with van der Waals surface area (Å²) in [6.07, 6.45) is 3.38. The van der Waals surface area contributed by atoms with Crippen molar-refractivity contribution >= 4 is 0 Å². The highest BCUT2D eigenvalue weighted by atomic mass is 16.3. The zero-order valence-electron chi connectivity index (χ0n) is 8.16. The Morgan fingerprint density at radius 2 is 2.31 bits per heavy atom. The molecule has 0 amide bonds. The number of aliphatic hydroxyl groups excluding tert-OH is 1. The average molecular weight is 182 g/mol. The Morgan fingerprint density at radius 3 is 2.77 bits per heavy atom. The van der Waals surface area contributed by atoms with Crippen molar-refractivity contribution in [1.29, 1.82) is 5.26 Å². The zero-order chi connectivity index (χ0) is 9.68. The molecule has 3 heteroatoms. The topological polar surface area (TPSA) is 56.0 Å². The van der Waals surface area contributed by atoms with Gasteiger partial charge in [0.15, 0.2) is 0 Å². The molecule has 0 aromatic carbocycles. The van der Waals surface area contributed by atoms with Crippen molar-refractivity contribution in [2.45, 2.75) is 44.8 Å². The van der Waals surface area contributed by atoms with Crippen molar-refractivity contribution in [3.8, 4) is 6.07 Å². The lowest BCUT2D eigenvalue weighted by Crippen LogP contribution is -2.39. The van der Waals surface area contributed by atoms with E-state index in [1.165, 1.54) is 0 Å². The molecule has 0 heterocycles. The van der Waals surface area contributed by atoms with Crippen molar-refractivity contribution in [2.75, 3.05) is 6.54 Å².